The Kier molecular flexibility index (Phi) is 6.02. The Balaban J connectivity index is 2.58. The van der Waals surface area contributed by atoms with Crippen molar-refractivity contribution < 1.29 is 9.53 Å². The zero-order valence-corrected chi connectivity index (χ0v) is 11.7. The molecule has 0 unspecified atom stereocenters. The molecule has 0 aliphatic carbocycles. The molecule has 0 bridgehead atoms. The van der Waals surface area contributed by atoms with Crippen molar-refractivity contribution >= 4 is 29.1 Å². The van der Waals surface area contributed by atoms with E-state index in [1.807, 2.05) is 6.92 Å². The van der Waals surface area contributed by atoms with E-state index in [1.54, 1.807) is 29.2 Å². The van der Waals surface area contributed by atoms with Gasteiger partial charge in [-0.2, -0.15) is 0 Å². The lowest BCUT2D eigenvalue weighted by Crippen LogP contribution is -2.34. The normalized spacial score (nSPS) is 9.94. The molecule has 5 heteroatoms. The van der Waals surface area contributed by atoms with Crippen LogP contribution in [0.4, 0.5) is 0 Å². The maximum Gasteiger partial charge on any atom is 0.260 e. The molecule has 0 aliphatic rings. The van der Waals surface area contributed by atoms with Crippen molar-refractivity contribution in [2.45, 2.75) is 6.92 Å². The standard InChI is InChI=1S/C13H15Cl2NO2/c1-3-7-16(4-2)13(17)9-18-12-6-5-10(14)8-11(12)15/h3,5-6,8H,1,4,7,9H2,2H3. The van der Waals surface area contributed by atoms with Crippen molar-refractivity contribution in [1.82, 2.24) is 4.90 Å². The fraction of sp³-hybridized carbons (Fsp3) is 0.308. The summed E-state index contributed by atoms with van der Waals surface area (Å²) in [5.41, 5.74) is 0. The first-order valence-corrected chi connectivity index (χ1v) is 6.30. The average Bonchev–Trinajstić information content (AvgIpc) is 2.34. The van der Waals surface area contributed by atoms with Crippen LogP contribution in [0.2, 0.25) is 10.0 Å². The molecule has 0 atom stereocenters. The van der Waals surface area contributed by atoms with Gasteiger partial charge in [-0.3, -0.25) is 4.79 Å². The Morgan fingerprint density at radius 1 is 1.50 bits per heavy atom. The highest BCUT2D eigenvalue weighted by Crippen LogP contribution is 2.27. The molecule has 98 valence electrons. The third kappa shape index (κ3) is 4.24. The molecule has 0 heterocycles. The summed E-state index contributed by atoms with van der Waals surface area (Å²) in [6.07, 6.45) is 1.68. The molecule has 1 aromatic rings. The van der Waals surface area contributed by atoms with Gasteiger partial charge in [-0.05, 0) is 25.1 Å². The van der Waals surface area contributed by atoms with Crippen LogP contribution < -0.4 is 4.74 Å². The number of carbonyl (C=O) groups is 1. The molecule has 0 N–H and O–H groups in total. The predicted octanol–water partition coefficient (Wildman–Crippen LogP) is 3.41. The molecule has 18 heavy (non-hydrogen) atoms. The van der Waals surface area contributed by atoms with Crippen molar-refractivity contribution in [2.75, 3.05) is 19.7 Å². The van der Waals surface area contributed by atoms with E-state index in [9.17, 15) is 4.79 Å². The summed E-state index contributed by atoms with van der Waals surface area (Å²) in [4.78, 5) is 13.4. The highest BCUT2D eigenvalue weighted by molar-refractivity contribution is 6.35. The van der Waals surface area contributed by atoms with E-state index in [4.69, 9.17) is 27.9 Å². The molecule has 0 saturated carbocycles. The van der Waals surface area contributed by atoms with Gasteiger partial charge in [0.25, 0.3) is 5.91 Å². The van der Waals surface area contributed by atoms with Crippen LogP contribution in [0.5, 0.6) is 5.75 Å². The molecule has 1 aromatic carbocycles. The highest BCUT2D eigenvalue weighted by Gasteiger charge is 2.11. The van der Waals surface area contributed by atoms with E-state index >= 15 is 0 Å². The monoisotopic (exact) mass is 287 g/mol. The van der Waals surface area contributed by atoms with Gasteiger partial charge >= 0.3 is 0 Å². The Morgan fingerprint density at radius 3 is 2.78 bits per heavy atom. The lowest BCUT2D eigenvalue weighted by molar-refractivity contribution is -0.132. The van der Waals surface area contributed by atoms with E-state index < -0.39 is 0 Å². The number of nitrogens with zero attached hydrogens (tertiary/aromatic N) is 1. The van der Waals surface area contributed by atoms with Crippen molar-refractivity contribution in [3.63, 3.8) is 0 Å². The van der Waals surface area contributed by atoms with Crippen LogP contribution in [-0.2, 0) is 4.79 Å². The predicted molar refractivity (Wildman–Crippen MR) is 74.4 cm³/mol. The number of ether oxygens (including phenoxy) is 1. The molecule has 0 aromatic heterocycles. The number of likely N-dealkylation sites (N-methyl/N-ethyl adjacent to an activating group) is 1. The first-order valence-electron chi connectivity index (χ1n) is 5.55. The van der Waals surface area contributed by atoms with Gasteiger partial charge in [0.1, 0.15) is 5.75 Å². The second-order valence-electron chi connectivity index (χ2n) is 3.58. The Hall–Kier alpha value is -1.19. The minimum Gasteiger partial charge on any atom is -0.482 e. The summed E-state index contributed by atoms with van der Waals surface area (Å²) in [7, 11) is 0. The first-order chi connectivity index (χ1) is 8.58. The van der Waals surface area contributed by atoms with Gasteiger partial charge in [-0.15, -0.1) is 6.58 Å². The third-order valence-electron chi connectivity index (χ3n) is 2.33. The molecular formula is C13H15Cl2NO2. The fourth-order valence-electron chi connectivity index (χ4n) is 1.39. The molecule has 0 aliphatic heterocycles. The van der Waals surface area contributed by atoms with E-state index in [0.717, 1.165) is 0 Å². The van der Waals surface area contributed by atoms with Crippen LogP contribution >= 0.6 is 23.2 Å². The summed E-state index contributed by atoms with van der Waals surface area (Å²) in [6, 6.07) is 4.88. The molecule has 1 rings (SSSR count). The van der Waals surface area contributed by atoms with Crippen LogP contribution in [0.3, 0.4) is 0 Å². The summed E-state index contributed by atoms with van der Waals surface area (Å²) < 4.78 is 5.37. The molecular weight excluding hydrogens is 273 g/mol. The maximum absolute atomic E-state index is 11.8. The molecule has 0 fully saturated rings. The lowest BCUT2D eigenvalue weighted by Gasteiger charge is -2.19. The van der Waals surface area contributed by atoms with Crippen molar-refractivity contribution in [1.29, 1.82) is 0 Å². The van der Waals surface area contributed by atoms with E-state index in [0.29, 0.717) is 28.9 Å². The van der Waals surface area contributed by atoms with E-state index in [2.05, 4.69) is 6.58 Å². The summed E-state index contributed by atoms with van der Waals surface area (Å²) in [6.45, 7) is 6.57. The zero-order chi connectivity index (χ0) is 13.5. The van der Waals surface area contributed by atoms with Gasteiger partial charge in [-0.1, -0.05) is 29.3 Å². The quantitative estimate of drug-likeness (QED) is 0.751. The van der Waals surface area contributed by atoms with Gasteiger partial charge in [0.15, 0.2) is 6.61 Å². The number of amides is 1. The van der Waals surface area contributed by atoms with Gasteiger partial charge < -0.3 is 9.64 Å². The molecule has 0 radical (unpaired) electrons. The van der Waals surface area contributed by atoms with Gasteiger partial charge in [0.2, 0.25) is 0 Å². The lowest BCUT2D eigenvalue weighted by atomic mass is 10.3. The minimum absolute atomic E-state index is 0.0525. The molecule has 1 amide bonds. The summed E-state index contributed by atoms with van der Waals surface area (Å²) >= 11 is 11.7. The van der Waals surface area contributed by atoms with Crippen LogP contribution in [0.1, 0.15) is 6.92 Å². The summed E-state index contributed by atoms with van der Waals surface area (Å²) in [5.74, 6) is 0.340. The number of hydrogen-bond acceptors (Lipinski definition) is 2. The Bertz CT molecular complexity index is 435. The number of benzene rings is 1. The second kappa shape index (κ2) is 7.29. The fourth-order valence-corrected chi connectivity index (χ4v) is 1.85. The van der Waals surface area contributed by atoms with Gasteiger partial charge in [0.05, 0.1) is 5.02 Å². The SMILES string of the molecule is C=CCN(CC)C(=O)COc1ccc(Cl)cc1Cl. The second-order valence-corrected chi connectivity index (χ2v) is 4.43. The smallest absolute Gasteiger partial charge is 0.260 e. The van der Waals surface area contributed by atoms with Crippen molar-refractivity contribution in [2.24, 2.45) is 0 Å². The van der Waals surface area contributed by atoms with Crippen LogP contribution in [-0.4, -0.2) is 30.5 Å². The van der Waals surface area contributed by atoms with E-state index in [1.165, 1.54) is 0 Å². The Labute approximate surface area is 117 Å². The van der Waals surface area contributed by atoms with Crippen LogP contribution in [0.15, 0.2) is 30.9 Å². The molecule has 0 saturated heterocycles. The van der Waals surface area contributed by atoms with Crippen LogP contribution in [0, 0.1) is 0 Å². The topological polar surface area (TPSA) is 29.5 Å². The zero-order valence-electron chi connectivity index (χ0n) is 10.2. The van der Waals surface area contributed by atoms with E-state index in [-0.39, 0.29) is 12.5 Å². The van der Waals surface area contributed by atoms with Gasteiger partial charge in [0, 0.05) is 18.1 Å². The largest absolute Gasteiger partial charge is 0.482 e. The highest BCUT2D eigenvalue weighted by atomic mass is 35.5. The number of hydrogen-bond donors (Lipinski definition) is 0. The minimum atomic E-state index is -0.108. The van der Waals surface area contributed by atoms with Crippen molar-refractivity contribution in [3.8, 4) is 5.75 Å². The maximum atomic E-state index is 11.8. The third-order valence-corrected chi connectivity index (χ3v) is 2.86. The van der Waals surface area contributed by atoms with Crippen LogP contribution in [0.25, 0.3) is 0 Å². The number of rotatable bonds is 6. The van der Waals surface area contributed by atoms with Crippen molar-refractivity contribution in [3.05, 3.63) is 40.9 Å². The van der Waals surface area contributed by atoms with Gasteiger partial charge in [-0.25, -0.2) is 0 Å². The Morgan fingerprint density at radius 2 is 2.22 bits per heavy atom. The average molecular weight is 288 g/mol. The summed E-state index contributed by atoms with van der Waals surface area (Å²) in [5, 5.41) is 0.919. The first kappa shape index (κ1) is 14.9. The molecule has 0 spiro atoms. The molecule has 3 nitrogen and oxygen atoms in total. The number of halogens is 2. The number of carbonyl (C=O) groups excluding carboxylic acids is 1.